The number of benzene rings is 2. The lowest BCUT2D eigenvalue weighted by Crippen LogP contribution is -2.30. The van der Waals surface area contributed by atoms with Crippen molar-refractivity contribution in [2.75, 3.05) is 16.2 Å². The number of aromatic nitrogens is 2. The Kier molecular flexibility index (Phi) is 5.27. The predicted molar refractivity (Wildman–Crippen MR) is 104 cm³/mol. The number of hydrogen-bond acceptors (Lipinski definition) is 4. The summed E-state index contributed by atoms with van der Waals surface area (Å²) in [6.45, 7) is 3.90. The number of H-pyrrole nitrogens is 1. The van der Waals surface area contributed by atoms with E-state index in [1.807, 2.05) is 13.0 Å². The van der Waals surface area contributed by atoms with E-state index < -0.39 is 10.0 Å². The van der Waals surface area contributed by atoms with Crippen LogP contribution in [0, 0.1) is 6.92 Å². The first-order chi connectivity index (χ1) is 12.9. The highest BCUT2D eigenvalue weighted by Gasteiger charge is 2.23. The molecule has 7 nitrogen and oxygen atoms in total. The first-order valence-corrected chi connectivity index (χ1v) is 9.87. The Balaban J connectivity index is 1.82. The van der Waals surface area contributed by atoms with Gasteiger partial charge in [0.05, 0.1) is 10.6 Å². The number of nitrogens with zero attached hydrogens (tertiary/aromatic N) is 2. The third-order valence-corrected chi connectivity index (χ3v) is 5.90. The second-order valence-electron chi connectivity index (χ2n) is 5.92. The summed E-state index contributed by atoms with van der Waals surface area (Å²) in [6.07, 6.45) is 0. The first kappa shape index (κ1) is 18.7. The molecule has 2 aromatic carbocycles. The number of aromatic amines is 1. The van der Waals surface area contributed by atoms with Gasteiger partial charge in [-0.25, -0.2) is 8.42 Å². The van der Waals surface area contributed by atoms with Gasteiger partial charge in [-0.1, -0.05) is 18.2 Å². The number of para-hydroxylation sites is 1. The molecule has 140 valence electrons. The van der Waals surface area contributed by atoms with Gasteiger partial charge in [0.2, 0.25) is 0 Å². The van der Waals surface area contributed by atoms with E-state index in [9.17, 15) is 13.2 Å². The molecule has 0 radical (unpaired) electrons. The van der Waals surface area contributed by atoms with Gasteiger partial charge >= 0.3 is 0 Å². The Morgan fingerprint density at radius 1 is 1.11 bits per heavy atom. The van der Waals surface area contributed by atoms with Crippen LogP contribution in [-0.4, -0.2) is 31.1 Å². The van der Waals surface area contributed by atoms with Gasteiger partial charge in [0.1, 0.15) is 0 Å². The maximum Gasteiger partial charge on any atom is 0.264 e. The van der Waals surface area contributed by atoms with E-state index in [-0.39, 0.29) is 10.8 Å². The molecule has 2 N–H and O–H groups in total. The van der Waals surface area contributed by atoms with Crippen molar-refractivity contribution >= 4 is 27.4 Å². The molecule has 3 rings (SSSR count). The lowest BCUT2D eigenvalue weighted by Gasteiger charge is -2.23. The number of nitrogens with one attached hydrogen (secondary N) is 2. The molecule has 0 aliphatic rings. The average Bonchev–Trinajstić information content (AvgIpc) is 3.08. The molecule has 0 aliphatic carbocycles. The van der Waals surface area contributed by atoms with Crippen molar-refractivity contribution < 1.29 is 13.2 Å². The van der Waals surface area contributed by atoms with Crippen molar-refractivity contribution in [3.05, 3.63) is 71.9 Å². The smallest absolute Gasteiger partial charge is 0.264 e. The first-order valence-electron chi connectivity index (χ1n) is 8.43. The van der Waals surface area contributed by atoms with Gasteiger partial charge in [-0.05, 0) is 50.2 Å². The summed E-state index contributed by atoms with van der Waals surface area (Å²) in [7, 11) is -3.72. The Hall–Kier alpha value is -3.13. The Morgan fingerprint density at radius 2 is 1.78 bits per heavy atom. The number of amides is 1. The van der Waals surface area contributed by atoms with Gasteiger partial charge in [0.25, 0.3) is 15.9 Å². The lowest BCUT2D eigenvalue weighted by atomic mass is 10.2. The van der Waals surface area contributed by atoms with E-state index in [0.29, 0.717) is 23.6 Å². The normalized spacial score (nSPS) is 11.2. The number of rotatable bonds is 6. The zero-order valence-electron chi connectivity index (χ0n) is 15.0. The third kappa shape index (κ3) is 4.01. The molecule has 1 heterocycles. The van der Waals surface area contributed by atoms with E-state index in [1.54, 1.807) is 37.3 Å². The number of hydrogen-bond donors (Lipinski definition) is 2. The summed E-state index contributed by atoms with van der Waals surface area (Å²) in [5.74, 6) is 0.0521. The van der Waals surface area contributed by atoms with Crippen LogP contribution < -0.4 is 9.62 Å². The van der Waals surface area contributed by atoms with E-state index in [1.165, 1.54) is 28.6 Å². The van der Waals surface area contributed by atoms with E-state index in [2.05, 4.69) is 15.5 Å². The summed E-state index contributed by atoms with van der Waals surface area (Å²) in [5, 5.41) is 9.34. The molecule has 0 atom stereocenters. The van der Waals surface area contributed by atoms with Crippen LogP contribution in [0.2, 0.25) is 0 Å². The van der Waals surface area contributed by atoms with Crippen LogP contribution in [-0.2, 0) is 10.0 Å². The second kappa shape index (κ2) is 7.63. The molecule has 27 heavy (non-hydrogen) atoms. The molecule has 3 aromatic rings. The minimum atomic E-state index is -3.72. The molecular weight excluding hydrogens is 364 g/mol. The van der Waals surface area contributed by atoms with Crippen LogP contribution in [0.15, 0.2) is 65.6 Å². The van der Waals surface area contributed by atoms with Crippen molar-refractivity contribution in [3.8, 4) is 0 Å². The molecule has 0 bridgehead atoms. The van der Waals surface area contributed by atoms with Crippen LogP contribution >= 0.6 is 0 Å². The second-order valence-corrected chi connectivity index (χ2v) is 7.78. The zero-order chi connectivity index (χ0) is 19.4. The van der Waals surface area contributed by atoms with E-state index in [4.69, 9.17) is 0 Å². The number of sulfonamides is 1. The van der Waals surface area contributed by atoms with Crippen molar-refractivity contribution in [2.24, 2.45) is 0 Å². The molecule has 0 unspecified atom stereocenters. The Bertz CT molecular complexity index is 1030. The maximum atomic E-state index is 13.0. The maximum absolute atomic E-state index is 13.0. The number of anilines is 2. The largest absolute Gasteiger partial charge is 0.305 e. The standard InChI is InChI=1S/C19H20N4O3S/c1-3-23(16-7-5-4-6-8-16)27(25,26)17-11-9-15(10-12-17)19(24)20-18-13-14(2)21-22-18/h4-13H,3H2,1-2H3,(H2,20,21,22,24). The highest BCUT2D eigenvalue weighted by atomic mass is 32.2. The minimum Gasteiger partial charge on any atom is -0.305 e. The van der Waals surface area contributed by atoms with Crippen LogP contribution in [0.5, 0.6) is 0 Å². The van der Waals surface area contributed by atoms with Crippen LogP contribution in [0.1, 0.15) is 23.0 Å². The number of carbonyl (C=O) groups excluding carboxylic acids is 1. The number of carbonyl (C=O) groups is 1. The Labute approximate surface area is 158 Å². The van der Waals surface area contributed by atoms with Crippen molar-refractivity contribution in [3.63, 3.8) is 0 Å². The van der Waals surface area contributed by atoms with E-state index >= 15 is 0 Å². The molecule has 1 amide bonds. The highest BCUT2D eigenvalue weighted by Crippen LogP contribution is 2.23. The summed E-state index contributed by atoms with van der Waals surface area (Å²) in [6, 6.07) is 16.4. The molecule has 8 heteroatoms. The van der Waals surface area contributed by atoms with Gasteiger partial charge in [0, 0.05) is 23.9 Å². The minimum absolute atomic E-state index is 0.125. The molecular formula is C19H20N4O3S. The summed E-state index contributed by atoms with van der Waals surface area (Å²) >= 11 is 0. The average molecular weight is 384 g/mol. The van der Waals surface area contributed by atoms with Gasteiger partial charge in [0.15, 0.2) is 5.82 Å². The molecule has 0 aliphatic heterocycles. The van der Waals surface area contributed by atoms with Crippen molar-refractivity contribution in [1.82, 2.24) is 10.2 Å². The lowest BCUT2D eigenvalue weighted by molar-refractivity contribution is 0.102. The van der Waals surface area contributed by atoms with Gasteiger partial charge < -0.3 is 5.32 Å². The highest BCUT2D eigenvalue weighted by molar-refractivity contribution is 7.92. The van der Waals surface area contributed by atoms with E-state index in [0.717, 1.165) is 5.69 Å². The van der Waals surface area contributed by atoms with Gasteiger partial charge in [-0.2, -0.15) is 5.10 Å². The molecule has 1 aromatic heterocycles. The molecule has 0 saturated heterocycles. The Morgan fingerprint density at radius 3 is 2.33 bits per heavy atom. The SMILES string of the molecule is CCN(c1ccccc1)S(=O)(=O)c1ccc(C(=O)Nc2cc(C)[nH]n2)cc1. The third-order valence-electron chi connectivity index (χ3n) is 3.98. The fraction of sp³-hybridized carbons (Fsp3) is 0.158. The summed E-state index contributed by atoms with van der Waals surface area (Å²) in [4.78, 5) is 12.4. The van der Waals surface area contributed by atoms with Crippen molar-refractivity contribution in [1.29, 1.82) is 0 Å². The quantitative estimate of drug-likeness (QED) is 0.682. The molecule has 0 saturated carbocycles. The van der Waals surface area contributed by atoms with Crippen LogP contribution in [0.3, 0.4) is 0 Å². The van der Waals surface area contributed by atoms with Gasteiger partial charge in [-0.15, -0.1) is 0 Å². The van der Waals surface area contributed by atoms with Crippen LogP contribution in [0.25, 0.3) is 0 Å². The van der Waals surface area contributed by atoms with Crippen molar-refractivity contribution in [2.45, 2.75) is 18.7 Å². The molecule has 0 spiro atoms. The van der Waals surface area contributed by atoms with Crippen LogP contribution in [0.4, 0.5) is 11.5 Å². The fourth-order valence-electron chi connectivity index (χ4n) is 2.66. The van der Waals surface area contributed by atoms with Gasteiger partial charge in [-0.3, -0.25) is 14.2 Å². The topological polar surface area (TPSA) is 95.2 Å². The fourth-order valence-corrected chi connectivity index (χ4v) is 4.14. The summed E-state index contributed by atoms with van der Waals surface area (Å²) in [5.41, 5.74) is 1.76. The number of aryl methyl sites for hydroxylation is 1. The zero-order valence-corrected chi connectivity index (χ0v) is 15.8. The predicted octanol–water partition coefficient (Wildman–Crippen LogP) is 3.19. The monoisotopic (exact) mass is 384 g/mol. The molecule has 0 fully saturated rings. The summed E-state index contributed by atoms with van der Waals surface area (Å²) < 4.78 is 27.2.